The predicted octanol–water partition coefficient (Wildman–Crippen LogP) is 5.10. The SMILES string of the molecule is O=C(Nc1ccc([N+](=O)[O-])cc1)Nc1cc(-c2ccc(Cl)cc2)sc1C(=O)N[C@H]1CCCNC1. The van der Waals surface area contributed by atoms with Gasteiger partial charge in [-0.3, -0.25) is 14.9 Å². The summed E-state index contributed by atoms with van der Waals surface area (Å²) in [6.45, 7) is 1.63. The highest BCUT2D eigenvalue weighted by atomic mass is 35.5. The number of non-ortho nitro benzene ring substituents is 1. The molecule has 0 radical (unpaired) electrons. The van der Waals surface area contributed by atoms with Crippen molar-refractivity contribution in [3.05, 3.63) is 74.6 Å². The number of benzene rings is 2. The lowest BCUT2D eigenvalue weighted by Crippen LogP contribution is -2.45. The molecule has 1 fully saturated rings. The molecule has 1 aliphatic rings. The molecule has 1 aliphatic heterocycles. The average Bonchev–Trinajstić information content (AvgIpc) is 3.24. The minimum Gasteiger partial charge on any atom is -0.347 e. The first-order valence-corrected chi connectivity index (χ1v) is 11.8. The Labute approximate surface area is 204 Å². The minimum absolute atomic E-state index is 0.0177. The molecule has 0 spiro atoms. The Morgan fingerprint density at radius 3 is 2.47 bits per heavy atom. The molecule has 2 aromatic carbocycles. The molecule has 176 valence electrons. The summed E-state index contributed by atoms with van der Waals surface area (Å²) in [5, 5.41) is 23.1. The fourth-order valence-corrected chi connectivity index (χ4v) is 4.73. The monoisotopic (exact) mass is 499 g/mol. The third kappa shape index (κ3) is 5.90. The first-order chi connectivity index (χ1) is 16.4. The van der Waals surface area contributed by atoms with E-state index in [1.165, 1.54) is 35.6 Å². The molecule has 3 aromatic rings. The second-order valence-electron chi connectivity index (χ2n) is 7.76. The average molecular weight is 500 g/mol. The van der Waals surface area contributed by atoms with E-state index in [9.17, 15) is 19.7 Å². The van der Waals surface area contributed by atoms with Crippen molar-refractivity contribution >= 4 is 51.9 Å². The number of hydrogen-bond acceptors (Lipinski definition) is 6. The molecule has 0 unspecified atom stereocenters. The Morgan fingerprint density at radius 1 is 1.09 bits per heavy atom. The number of nitro groups is 1. The molecule has 1 aromatic heterocycles. The van der Waals surface area contributed by atoms with Crippen LogP contribution in [-0.4, -0.2) is 36.0 Å². The molecular formula is C23H22ClN5O4S. The largest absolute Gasteiger partial charge is 0.347 e. The molecule has 0 aliphatic carbocycles. The molecule has 0 saturated carbocycles. The Hall–Kier alpha value is -3.47. The van der Waals surface area contributed by atoms with Crippen molar-refractivity contribution in [1.29, 1.82) is 0 Å². The summed E-state index contributed by atoms with van der Waals surface area (Å²) < 4.78 is 0. The number of piperidine rings is 1. The molecule has 4 rings (SSSR count). The molecule has 0 bridgehead atoms. The molecule has 11 heteroatoms. The highest BCUT2D eigenvalue weighted by Crippen LogP contribution is 2.35. The maximum atomic E-state index is 13.1. The van der Waals surface area contributed by atoms with Gasteiger partial charge in [-0.15, -0.1) is 11.3 Å². The number of urea groups is 1. The van der Waals surface area contributed by atoms with Crippen molar-refractivity contribution in [2.45, 2.75) is 18.9 Å². The van der Waals surface area contributed by atoms with Crippen LogP contribution in [0.3, 0.4) is 0 Å². The maximum Gasteiger partial charge on any atom is 0.323 e. The van der Waals surface area contributed by atoms with Crippen LogP contribution in [-0.2, 0) is 0 Å². The van der Waals surface area contributed by atoms with Crippen LogP contribution in [0.25, 0.3) is 10.4 Å². The summed E-state index contributed by atoms with van der Waals surface area (Å²) >= 11 is 7.27. The number of anilines is 2. The number of nitrogens with zero attached hydrogens (tertiary/aromatic N) is 1. The number of amides is 3. The predicted molar refractivity (Wildman–Crippen MR) is 134 cm³/mol. The molecule has 3 amide bonds. The summed E-state index contributed by atoms with van der Waals surface area (Å²) in [4.78, 5) is 37.2. The van der Waals surface area contributed by atoms with Crippen LogP contribution in [0.15, 0.2) is 54.6 Å². The number of rotatable bonds is 6. The molecule has 1 atom stereocenters. The van der Waals surface area contributed by atoms with Crippen LogP contribution in [0.5, 0.6) is 0 Å². The molecule has 4 N–H and O–H groups in total. The lowest BCUT2D eigenvalue weighted by molar-refractivity contribution is -0.384. The van der Waals surface area contributed by atoms with Gasteiger partial charge in [0.15, 0.2) is 0 Å². The number of thiophene rings is 1. The van der Waals surface area contributed by atoms with Crippen LogP contribution in [0.4, 0.5) is 21.9 Å². The Bertz CT molecular complexity index is 1190. The number of carbonyl (C=O) groups excluding carboxylic acids is 2. The first kappa shape index (κ1) is 23.7. The Kier molecular flexibility index (Phi) is 7.41. The molecular weight excluding hydrogens is 478 g/mol. The van der Waals surface area contributed by atoms with Crippen molar-refractivity contribution in [3.63, 3.8) is 0 Å². The van der Waals surface area contributed by atoms with Crippen LogP contribution < -0.4 is 21.3 Å². The quantitative estimate of drug-likeness (QED) is 0.277. The van der Waals surface area contributed by atoms with Gasteiger partial charge in [0.2, 0.25) is 0 Å². The standard InChI is InChI=1S/C23H22ClN5O4S/c24-15-5-3-14(4-6-15)20-12-19(21(34-20)22(30)26-17-2-1-11-25-13-17)28-23(31)27-16-7-9-18(10-8-16)29(32)33/h3-10,12,17,25H,1-2,11,13H2,(H,26,30)(H2,27,28,31)/t17-/m0/s1. The van der Waals surface area contributed by atoms with Crippen molar-refractivity contribution in [2.75, 3.05) is 23.7 Å². The number of halogens is 1. The van der Waals surface area contributed by atoms with Gasteiger partial charge < -0.3 is 21.3 Å². The topological polar surface area (TPSA) is 125 Å². The number of hydrogen-bond donors (Lipinski definition) is 4. The van der Waals surface area contributed by atoms with Gasteiger partial charge in [0.05, 0.1) is 10.6 Å². The van der Waals surface area contributed by atoms with E-state index in [4.69, 9.17) is 11.6 Å². The zero-order chi connectivity index (χ0) is 24.1. The lowest BCUT2D eigenvalue weighted by Gasteiger charge is -2.23. The van der Waals surface area contributed by atoms with Gasteiger partial charge in [-0.25, -0.2) is 4.79 Å². The van der Waals surface area contributed by atoms with E-state index in [0.717, 1.165) is 29.8 Å². The third-order valence-corrected chi connectivity index (χ3v) is 6.72. The zero-order valence-electron chi connectivity index (χ0n) is 18.0. The van der Waals surface area contributed by atoms with Crippen molar-refractivity contribution in [2.24, 2.45) is 0 Å². The number of carbonyl (C=O) groups is 2. The van der Waals surface area contributed by atoms with Crippen LogP contribution in [0, 0.1) is 10.1 Å². The van der Waals surface area contributed by atoms with E-state index >= 15 is 0 Å². The summed E-state index contributed by atoms with van der Waals surface area (Å²) in [6, 6.07) is 13.9. The zero-order valence-corrected chi connectivity index (χ0v) is 19.5. The third-order valence-electron chi connectivity index (χ3n) is 5.28. The summed E-state index contributed by atoms with van der Waals surface area (Å²) in [5.74, 6) is -0.260. The van der Waals surface area contributed by atoms with Gasteiger partial charge in [-0.2, -0.15) is 0 Å². The highest BCUT2D eigenvalue weighted by Gasteiger charge is 2.22. The second kappa shape index (κ2) is 10.6. The Balaban J connectivity index is 1.54. The number of nitrogens with one attached hydrogen (secondary N) is 4. The van der Waals surface area contributed by atoms with E-state index in [1.54, 1.807) is 18.2 Å². The molecule has 1 saturated heterocycles. The first-order valence-electron chi connectivity index (χ1n) is 10.6. The minimum atomic E-state index is -0.567. The van der Waals surface area contributed by atoms with Crippen molar-refractivity contribution in [3.8, 4) is 10.4 Å². The fraction of sp³-hybridized carbons (Fsp3) is 0.217. The van der Waals surface area contributed by atoms with E-state index in [1.807, 2.05) is 12.1 Å². The molecule has 9 nitrogen and oxygen atoms in total. The smallest absolute Gasteiger partial charge is 0.323 e. The van der Waals surface area contributed by atoms with Gasteiger partial charge in [0, 0.05) is 40.3 Å². The van der Waals surface area contributed by atoms with E-state index in [0.29, 0.717) is 27.8 Å². The van der Waals surface area contributed by atoms with Crippen molar-refractivity contribution in [1.82, 2.24) is 10.6 Å². The fourth-order valence-electron chi connectivity index (χ4n) is 3.59. The van der Waals surface area contributed by atoms with Gasteiger partial charge >= 0.3 is 6.03 Å². The van der Waals surface area contributed by atoms with Crippen LogP contribution in [0.2, 0.25) is 5.02 Å². The van der Waals surface area contributed by atoms with Gasteiger partial charge in [0.25, 0.3) is 11.6 Å². The van der Waals surface area contributed by atoms with Crippen LogP contribution >= 0.6 is 22.9 Å². The summed E-state index contributed by atoms with van der Waals surface area (Å²) in [6.07, 6.45) is 1.87. The summed E-state index contributed by atoms with van der Waals surface area (Å²) in [7, 11) is 0. The van der Waals surface area contributed by atoms with E-state index in [2.05, 4.69) is 21.3 Å². The summed E-state index contributed by atoms with van der Waals surface area (Å²) in [5.41, 5.74) is 1.55. The van der Waals surface area contributed by atoms with Gasteiger partial charge in [0.1, 0.15) is 4.88 Å². The van der Waals surface area contributed by atoms with E-state index < -0.39 is 11.0 Å². The van der Waals surface area contributed by atoms with Gasteiger partial charge in [-0.05, 0) is 55.3 Å². The normalized spacial score (nSPS) is 15.4. The molecule has 2 heterocycles. The maximum absolute atomic E-state index is 13.1. The lowest BCUT2D eigenvalue weighted by atomic mass is 10.1. The van der Waals surface area contributed by atoms with Gasteiger partial charge in [-0.1, -0.05) is 23.7 Å². The second-order valence-corrected chi connectivity index (χ2v) is 9.25. The number of nitro benzene ring substituents is 1. The highest BCUT2D eigenvalue weighted by molar-refractivity contribution is 7.18. The van der Waals surface area contributed by atoms with Crippen LogP contribution in [0.1, 0.15) is 22.5 Å². The van der Waals surface area contributed by atoms with Crippen molar-refractivity contribution < 1.29 is 14.5 Å². The van der Waals surface area contributed by atoms with E-state index in [-0.39, 0.29) is 17.6 Å². The Morgan fingerprint density at radius 2 is 1.82 bits per heavy atom. The molecule has 34 heavy (non-hydrogen) atoms.